The predicted molar refractivity (Wildman–Crippen MR) is 67.0 cm³/mol. The van der Waals surface area contributed by atoms with Gasteiger partial charge in [-0.15, -0.1) is 11.3 Å². The Kier molecular flexibility index (Phi) is 4.32. The van der Waals surface area contributed by atoms with E-state index in [2.05, 4.69) is 29.5 Å². The van der Waals surface area contributed by atoms with Gasteiger partial charge in [0, 0.05) is 31.3 Å². The molecule has 2 heterocycles. The third-order valence-electron chi connectivity index (χ3n) is 2.62. The van der Waals surface area contributed by atoms with Crippen LogP contribution >= 0.6 is 11.3 Å². The third-order valence-corrected chi connectivity index (χ3v) is 3.54. The number of ether oxygens (including phenoxy) is 1. The van der Waals surface area contributed by atoms with Crippen molar-refractivity contribution in [1.29, 1.82) is 0 Å². The van der Waals surface area contributed by atoms with E-state index in [0.717, 1.165) is 32.5 Å². The highest BCUT2D eigenvalue weighted by atomic mass is 32.1. The van der Waals surface area contributed by atoms with Crippen LogP contribution in [0, 0.1) is 5.92 Å². The summed E-state index contributed by atoms with van der Waals surface area (Å²) in [6, 6.07) is 0. The molecule has 0 aromatic carbocycles. The Bertz CT molecular complexity index is 319. The van der Waals surface area contributed by atoms with Crippen LogP contribution in [0.5, 0.6) is 0 Å². The average molecular weight is 240 g/mol. The minimum Gasteiger partial charge on any atom is -0.375 e. The number of nitrogens with one attached hydrogen (secondary N) is 1. The lowest BCUT2D eigenvalue weighted by atomic mass is 10.1. The minimum atomic E-state index is 0.308. The second-order valence-electron chi connectivity index (χ2n) is 4.73. The molecule has 4 heteroatoms. The molecule has 1 aliphatic rings. The van der Waals surface area contributed by atoms with Gasteiger partial charge < -0.3 is 10.1 Å². The van der Waals surface area contributed by atoms with Crippen LogP contribution in [0.4, 0.5) is 0 Å². The molecule has 0 bridgehead atoms. The largest absolute Gasteiger partial charge is 0.375 e. The molecule has 1 N–H and O–H groups in total. The van der Waals surface area contributed by atoms with Crippen LogP contribution in [-0.4, -0.2) is 30.8 Å². The van der Waals surface area contributed by atoms with Gasteiger partial charge in [-0.05, 0) is 5.92 Å². The van der Waals surface area contributed by atoms with Crippen molar-refractivity contribution in [3.8, 4) is 0 Å². The van der Waals surface area contributed by atoms with Crippen LogP contribution in [0.25, 0.3) is 0 Å². The Morgan fingerprint density at radius 1 is 1.62 bits per heavy atom. The lowest BCUT2D eigenvalue weighted by Gasteiger charge is -2.22. The van der Waals surface area contributed by atoms with Crippen molar-refractivity contribution >= 4 is 11.3 Å². The highest BCUT2D eigenvalue weighted by molar-refractivity contribution is 7.09. The van der Waals surface area contributed by atoms with Crippen molar-refractivity contribution in [1.82, 2.24) is 10.3 Å². The summed E-state index contributed by atoms with van der Waals surface area (Å²) < 4.78 is 5.67. The van der Waals surface area contributed by atoms with Crippen molar-refractivity contribution in [3.05, 3.63) is 16.1 Å². The van der Waals surface area contributed by atoms with Crippen molar-refractivity contribution in [2.24, 2.45) is 5.92 Å². The molecular formula is C12H20N2OS. The molecule has 3 nitrogen and oxygen atoms in total. The molecule has 1 aromatic rings. The zero-order chi connectivity index (χ0) is 11.4. The van der Waals surface area contributed by atoms with Crippen LogP contribution in [0.15, 0.2) is 5.38 Å². The fraction of sp³-hybridized carbons (Fsp3) is 0.750. The Balaban J connectivity index is 1.86. The fourth-order valence-electron chi connectivity index (χ4n) is 1.87. The number of rotatable bonds is 4. The van der Waals surface area contributed by atoms with E-state index in [9.17, 15) is 0 Å². The molecule has 0 amide bonds. The normalized spacial score (nSPS) is 21.6. The van der Waals surface area contributed by atoms with Crippen LogP contribution in [0.2, 0.25) is 0 Å². The van der Waals surface area contributed by atoms with Gasteiger partial charge in [0.2, 0.25) is 0 Å². The van der Waals surface area contributed by atoms with E-state index in [-0.39, 0.29) is 0 Å². The molecule has 1 unspecified atom stereocenters. The SMILES string of the molecule is CC(C)Cc1nc(CC2CNCCO2)cs1. The molecule has 2 rings (SSSR count). The molecule has 1 saturated heterocycles. The maximum atomic E-state index is 5.67. The van der Waals surface area contributed by atoms with Gasteiger partial charge in [0.25, 0.3) is 0 Å². The van der Waals surface area contributed by atoms with E-state index in [1.165, 1.54) is 10.7 Å². The molecular weight excluding hydrogens is 220 g/mol. The average Bonchev–Trinajstić information content (AvgIpc) is 2.66. The van der Waals surface area contributed by atoms with E-state index in [1.807, 2.05) is 0 Å². The standard InChI is InChI=1S/C12H20N2OS/c1-9(2)5-12-14-10(8-16-12)6-11-7-13-3-4-15-11/h8-9,11,13H,3-7H2,1-2H3. The molecule has 1 fully saturated rings. The molecule has 1 aliphatic heterocycles. The van der Waals surface area contributed by atoms with Gasteiger partial charge in [-0.3, -0.25) is 0 Å². The molecule has 1 atom stereocenters. The summed E-state index contributed by atoms with van der Waals surface area (Å²) in [4.78, 5) is 4.66. The maximum absolute atomic E-state index is 5.67. The first-order valence-electron chi connectivity index (χ1n) is 5.99. The summed E-state index contributed by atoms with van der Waals surface area (Å²) in [7, 11) is 0. The van der Waals surface area contributed by atoms with Gasteiger partial charge in [0.15, 0.2) is 0 Å². The second kappa shape index (κ2) is 5.75. The van der Waals surface area contributed by atoms with Crippen molar-refractivity contribution < 1.29 is 4.74 Å². The molecule has 90 valence electrons. The summed E-state index contributed by atoms with van der Waals surface area (Å²) in [5, 5.41) is 6.78. The summed E-state index contributed by atoms with van der Waals surface area (Å²) in [5.74, 6) is 0.687. The topological polar surface area (TPSA) is 34.2 Å². The van der Waals surface area contributed by atoms with Gasteiger partial charge in [-0.1, -0.05) is 13.8 Å². The summed E-state index contributed by atoms with van der Waals surface area (Å²) in [6.45, 7) is 7.22. The summed E-state index contributed by atoms with van der Waals surface area (Å²) >= 11 is 1.78. The first-order valence-corrected chi connectivity index (χ1v) is 6.87. The van der Waals surface area contributed by atoms with Crippen LogP contribution in [0.3, 0.4) is 0 Å². The molecule has 0 aliphatic carbocycles. The molecule has 0 spiro atoms. The number of nitrogens with zero attached hydrogens (tertiary/aromatic N) is 1. The highest BCUT2D eigenvalue weighted by Crippen LogP contribution is 2.16. The fourth-order valence-corrected chi connectivity index (χ4v) is 2.89. The Hall–Kier alpha value is -0.450. The lowest BCUT2D eigenvalue weighted by Crippen LogP contribution is -2.39. The third kappa shape index (κ3) is 3.54. The zero-order valence-corrected chi connectivity index (χ0v) is 10.8. The van der Waals surface area contributed by atoms with E-state index in [0.29, 0.717) is 12.0 Å². The summed E-state index contributed by atoms with van der Waals surface area (Å²) in [6.07, 6.45) is 2.35. The Morgan fingerprint density at radius 2 is 2.50 bits per heavy atom. The highest BCUT2D eigenvalue weighted by Gasteiger charge is 2.15. The number of morpholine rings is 1. The van der Waals surface area contributed by atoms with Crippen molar-refractivity contribution in [2.75, 3.05) is 19.7 Å². The van der Waals surface area contributed by atoms with Crippen LogP contribution in [-0.2, 0) is 17.6 Å². The zero-order valence-electron chi connectivity index (χ0n) is 10.0. The first-order chi connectivity index (χ1) is 7.74. The van der Waals surface area contributed by atoms with Crippen LogP contribution < -0.4 is 5.32 Å². The Morgan fingerprint density at radius 3 is 3.19 bits per heavy atom. The van der Waals surface area contributed by atoms with Gasteiger partial charge >= 0.3 is 0 Å². The lowest BCUT2D eigenvalue weighted by molar-refractivity contribution is 0.0287. The van der Waals surface area contributed by atoms with Crippen LogP contribution in [0.1, 0.15) is 24.5 Å². The van der Waals surface area contributed by atoms with Crippen molar-refractivity contribution in [3.63, 3.8) is 0 Å². The second-order valence-corrected chi connectivity index (χ2v) is 5.67. The number of hydrogen-bond donors (Lipinski definition) is 1. The molecule has 1 aromatic heterocycles. The first kappa shape index (κ1) is 12.0. The van der Waals surface area contributed by atoms with E-state index >= 15 is 0 Å². The van der Waals surface area contributed by atoms with Crippen molar-refractivity contribution in [2.45, 2.75) is 32.8 Å². The minimum absolute atomic E-state index is 0.308. The Labute approximate surface area is 101 Å². The van der Waals surface area contributed by atoms with E-state index in [1.54, 1.807) is 11.3 Å². The number of aromatic nitrogens is 1. The molecule has 0 radical (unpaired) electrons. The van der Waals surface area contributed by atoms with Gasteiger partial charge in [-0.2, -0.15) is 0 Å². The molecule has 0 saturated carbocycles. The van der Waals surface area contributed by atoms with E-state index in [4.69, 9.17) is 4.74 Å². The van der Waals surface area contributed by atoms with E-state index < -0.39 is 0 Å². The van der Waals surface area contributed by atoms with Gasteiger partial charge in [-0.25, -0.2) is 4.98 Å². The number of hydrogen-bond acceptors (Lipinski definition) is 4. The smallest absolute Gasteiger partial charge is 0.0930 e. The quantitative estimate of drug-likeness (QED) is 0.872. The molecule has 16 heavy (non-hydrogen) atoms. The summed E-state index contributed by atoms with van der Waals surface area (Å²) in [5.41, 5.74) is 1.19. The van der Waals surface area contributed by atoms with Gasteiger partial charge in [0.1, 0.15) is 0 Å². The monoisotopic (exact) mass is 240 g/mol. The number of thiazole rings is 1. The predicted octanol–water partition coefficient (Wildman–Crippen LogP) is 1.87. The van der Waals surface area contributed by atoms with Gasteiger partial charge in [0.05, 0.1) is 23.4 Å². The maximum Gasteiger partial charge on any atom is 0.0930 e.